The van der Waals surface area contributed by atoms with Gasteiger partial charge in [0.15, 0.2) is 5.82 Å². The first-order valence-corrected chi connectivity index (χ1v) is 7.34. The molecule has 0 aliphatic heterocycles. The summed E-state index contributed by atoms with van der Waals surface area (Å²) in [5, 5.41) is 11.6. The van der Waals surface area contributed by atoms with E-state index in [-0.39, 0.29) is 0 Å². The fourth-order valence-electron chi connectivity index (χ4n) is 2.82. The third kappa shape index (κ3) is 2.55. The highest BCUT2D eigenvalue weighted by Gasteiger charge is 2.30. The van der Waals surface area contributed by atoms with Crippen LogP contribution in [0.4, 0.5) is 5.69 Å². The van der Waals surface area contributed by atoms with Crippen LogP contribution in [0.1, 0.15) is 26.7 Å². The topological polar surface area (TPSA) is 42.7 Å². The van der Waals surface area contributed by atoms with E-state index < -0.39 is 0 Å². The molecule has 1 aromatic heterocycles. The van der Waals surface area contributed by atoms with Crippen LogP contribution in [-0.4, -0.2) is 20.8 Å². The number of hydrogen-bond donors (Lipinski definition) is 1. The molecule has 0 saturated heterocycles. The van der Waals surface area contributed by atoms with E-state index in [0.29, 0.717) is 6.04 Å². The van der Waals surface area contributed by atoms with E-state index in [0.717, 1.165) is 23.2 Å². The standard InChI is InChI=1S/C16H22N4/c1-11(2)13-8-15(9-13)18-14-6-4-12(5-7-14)16-19-17-10-20(16)3/h4-7,10-11,13,15,18H,8-9H2,1-3H3. The lowest BCUT2D eigenvalue weighted by atomic mass is 9.73. The van der Waals surface area contributed by atoms with Gasteiger partial charge in [0.2, 0.25) is 0 Å². The molecule has 1 fully saturated rings. The van der Waals surface area contributed by atoms with Gasteiger partial charge in [-0.1, -0.05) is 13.8 Å². The molecule has 3 rings (SSSR count). The van der Waals surface area contributed by atoms with E-state index >= 15 is 0 Å². The number of aromatic nitrogens is 3. The van der Waals surface area contributed by atoms with Crippen molar-refractivity contribution in [3.63, 3.8) is 0 Å². The molecule has 1 aliphatic carbocycles. The first-order chi connectivity index (χ1) is 9.63. The van der Waals surface area contributed by atoms with Crippen LogP contribution < -0.4 is 5.32 Å². The van der Waals surface area contributed by atoms with Crippen molar-refractivity contribution in [3.8, 4) is 11.4 Å². The summed E-state index contributed by atoms with van der Waals surface area (Å²) in [7, 11) is 1.96. The monoisotopic (exact) mass is 270 g/mol. The zero-order valence-corrected chi connectivity index (χ0v) is 12.4. The predicted octanol–water partition coefficient (Wildman–Crippen LogP) is 3.33. The van der Waals surface area contributed by atoms with Gasteiger partial charge in [0.1, 0.15) is 6.33 Å². The highest BCUT2D eigenvalue weighted by molar-refractivity contribution is 5.60. The molecule has 0 bridgehead atoms. The smallest absolute Gasteiger partial charge is 0.163 e. The Morgan fingerprint density at radius 2 is 1.90 bits per heavy atom. The van der Waals surface area contributed by atoms with E-state index in [2.05, 4.69) is 53.6 Å². The van der Waals surface area contributed by atoms with E-state index in [4.69, 9.17) is 0 Å². The summed E-state index contributed by atoms with van der Waals surface area (Å²) >= 11 is 0. The van der Waals surface area contributed by atoms with Crippen LogP contribution in [0.5, 0.6) is 0 Å². The lowest BCUT2D eigenvalue weighted by Gasteiger charge is -2.39. The van der Waals surface area contributed by atoms with Crippen LogP contribution in [0.25, 0.3) is 11.4 Å². The molecule has 0 radical (unpaired) electrons. The van der Waals surface area contributed by atoms with Crippen LogP contribution in [0, 0.1) is 11.8 Å². The van der Waals surface area contributed by atoms with E-state index in [1.54, 1.807) is 6.33 Å². The number of rotatable bonds is 4. The van der Waals surface area contributed by atoms with Gasteiger partial charge < -0.3 is 9.88 Å². The first-order valence-electron chi connectivity index (χ1n) is 7.34. The number of anilines is 1. The maximum Gasteiger partial charge on any atom is 0.163 e. The molecule has 4 heteroatoms. The van der Waals surface area contributed by atoms with Crippen molar-refractivity contribution in [1.29, 1.82) is 0 Å². The first kappa shape index (κ1) is 13.2. The summed E-state index contributed by atoms with van der Waals surface area (Å²) in [6.07, 6.45) is 4.31. The lowest BCUT2D eigenvalue weighted by Crippen LogP contribution is -2.37. The second kappa shape index (κ2) is 5.27. The van der Waals surface area contributed by atoms with Crippen LogP contribution in [-0.2, 0) is 7.05 Å². The van der Waals surface area contributed by atoms with E-state index in [1.165, 1.54) is 18.5 Å². The third-order valence-corrected chi connectivity index (χ3v) is 4.34. The largest absolute Gasteiger partial charge is 0.382 e. The van der Waals surface area contributed by atoms with Crippen LogP contribution in [0.2, 0.25) is 0 Å². The average molecular weight is 270 g/mol. The highest BCUT2D eigenvalue weighted by atomic mass is 15.2. The van der Waals surface area contributed by atoms with Crippen LogP contribution in [0.3, 0.4) is 0 Å². The predicted molar refractivity (Wildman–Crippen MR) is 81.4 cm³/mol. The van der Waals surface area contributed by atoms with Crippen molar-refractivity contribution < 1.29 is 0 Å². The molecule has 0 unspecified atom stereocenters. The lowest BCUT2D eigenvalue weighted by molar-refractivity contribution is 0.212. The van der Waals surface area contributed by atoms with Gasteiger partial charge in [-0.05, 0) is 48.9 Å². The van der Waals surface area contributed by atoms with Crippen LogP contribution in [0.15, 0.2) is 30.6 Å². The van der Waals surface area contributed by atoms with E-state index in [9.17, 15) is 0 Å². The quantitative estimate of drug-likeness (QED) is 0.926. The zero-order chi connectivity index (χ0) is 14.1. The maximum absolute atomic E-state index is 4.13. The molecule has 20 heavy (non-hydrogen) atoms. The molecule has 4 nitrogen and oxygen atoms in total. The molecule has 0 atom stereocenters. The zero-order valence-electron chi connectivity index (χ0n) is 12.4. The van der Waals surface area contributed by atoms with Gasteiger partial charge in [0.25, 0.3) is 0 Å². The molecular weight excluding hydrogens is 248 g/mol. The Labute approximate surface area is 120 Å². The second-order valence-electron chi connectivity index (χ2n) is 6.16. The van der Waals surface area contributed by atoms with Gasteiger partial charge in [0.05, 0.1) is 0 Å². The van der Waals surface area contributed by atoms with Crippen LogP contribution >= 0.6 is 0 Å². The van der Waals surface area contributed by atoms with Gasteiger partial charge in [0, 0.05) is 24.3 Å². The Kier molecular flexibility index (Phi) is 3.47. The Morgan fingerprint density at radius 1 is 1.20 bits per heavy atom. The Balaban J connectivity index is 1.62. The molecule has 1 heterocycles. The number of benzene rings is 1. The molecule has 106 valence electrons. The van der Waals surface area contributed by atoms with Crippen molar-refractivity contribution in [2.45, 2.75) is 32.7 Å². The fraction of sp³-hybridized carbons (Fsp3) is 0.500. The average Bonchev–Trinajstić information content (AvgIpc) is 2.80. The van der Waals surface area contributed by atoms with Gasteiger partial charge in [-0.2, -0.15) is 0 Å². The summed E-state index contributed by atoms with van der Waals surface area (Å²) in [5.41, 5.74) is 2.30. The van der Waals surface area contributed by atoms with Gasteiger partial charge in [-0.3, -0.25) is 0 Å². The number of nitrogens with one attached hydrogen (secondary N) is 1. The van der Waals surface area contributed by atoms with Gasteiger partial charge in [-0.15, -0.1) is 10.2 Å². The molecule has 2 aromatic rings. The van der Waals surface area contributed by atoms with Crippen molar-refractivity contribution in [2.75, 3.05) is 5.32 Å². The summed E-state index contributed by atoms with van der Waals surface area (Å²) in [5.74, 6) is 2.61. The third-order valence-electron chi connectivity index (χ3n) is 4.34. The number of aryl methyl sites for hydroxylation is 1. The van der Waals surface area contributed by atoms with E-state index in [1.807, 2.05) is 11.6 Å². The van der Waals surface area contributed by atoms with Crippen molar-refractivity contribution in [3.05, 3.63) is 30.6 Å². The molecule has 0 spiro atoms. The molecule has 1 saturated carbocycles. The Bertz CT molecular complexity index is 564. The normalized spacial score (nSPS) is 21.8. The van der Waals surface area contributed by atoms with Gasteiger partial charge >= 0.3 is 0 Å². The minimum atomic E-state index is 0.642. The molecule has 0 amide bonds. The summed E-state index contributed by atoms with van der Waals surface area (Å²) in [6, 6.07) is 9.11. The summed E-state index contributed by atoms with van der Waals surface area (Å²) in [6.45, 7) is 4.63. The summed E-state index contributed by atoms with van der Waals surface area (Å²) < 4.78 is 1.93. The molecule has 1 aromatic carbocycles. The summed E-state index contributed by atoms with van der Waals surface area (Å²) in [4.78, 5) is 0. The molecule has 1 aliphatic rings. The minimum absolute atomic E-state index is 0.642. The van der Waals surface area contributed by atoms with Crippen molar-refractivity contribution in [1.82, 2.24) is 14.8 Å². The highest BCUT2D eigenvalue weighted by Crippen LogP contribution is 2.35. The fourth-order valence-corrected chi connectivity index (χ4v) is 2.82. The van der Waals surface area contributed by atoms with Gasteiger partial charge in [-0.25, -0.2) is 0 Å². The molecule has 1 N–H and O–H groups in total. The Hall–Kier alpha value is -1.84. The van der Waals surface area contributed by atoms with Crippen molar-refractivity contribution in [2.24, 2.45) is 18.9 Å². The SMILES string of the molecule is CC(C)C1CC(Nc2ccc(-c3nncn3C)cc2)C1. The maximum atomic E-state index is 4.13. The second-order valence-corrected chi connectivity index (χ2v) is 6.16. The molecular formula is C16H22N4. The number of nitrogens with zero attached hydrogens (tertiary/aromatic N) is 3. The minimum Gasteiger partial charge on any atom is -0.382 e. The van der Waals surface area contributed by atoms with Crippen molar-refractivity contribution >= 4 is 5.69 Å². The Morgan fingerprint density at radius 3 is 2.45 bits per heavy atom. The number of hydrogen-bond acceptors (Lipinski definition) is 3.